The molecule has 0 bridgehead atoms. The molecule has 0 atom stereocenters. The number of benzene rings is 3. The van der Waals surface area contributed by atoms with Gasteiger partial charge in [0, 0.05) is 13.1 Å². The monoisotopic (exact) mass is 741 g/mol. The Kier molecular flexibility index (Phi) is 23.0. The standard InChI is InChI=1S/C48H80N6/c1-8-39(9-2)35-51-28-12-24-49-26-14-30-53-37-41-16-20-43(21-17-41)45-32-46(34-47(33-45)48(5,6)7)44-22-18-42(19-23-44)38-54-31-15-27-50-25-13-29-52-36-40(10-3)11-4/h16-23,32-34,39-40,49-54H,8-15,24-31,35-38H2,1-7H3. The molecule has 6 nitrogen and oxygen atoms in total. The van der Waals surface area contributed by atoms with E-state index in [1.807, 2.05) is 0 Å². The first kappa shape index (κ1) is 45.8. The molecule has 0 radical (unpaired) electrons. The van der Waals surface area contributed by atoms with Crippen LogP contribution in [-0.4, -0.2) is 65.4 Å². The molecule has 302 valence electrons. The fourth-order valence-electron chi connectivity index (χ4n) is 6.86. The summed E-state index contributed by atoms with van der Waals surface area (Å²) in [5.74, 6) is 1.65. The van der Waals surface area contributed by atoms with E-state index in [1.54, 1.807) is 0 Å². The van der Waals surface area contributed by atoms with E-state index in [1.165, 1.54) is 77.5 Å². The Hall–Kier alpha value is -2.58. The normalized spacial score (nSPS) is 12.0. The molecule has 6 N–H and O–H groups in total. The summed E-state index contributed by atoms with van der Waals surface area (Å²) < 4.78 is 0. The predicted octanol–water partition coefficient (Wildman–Crippen LogP) is 9.29. The third-order valence-corrected chi connectivity index (χ3v) is 11.0. The van der Waals surface area contributed by atoms with Crippen LogP contribution in [0.15, 0.2) is 66.7 Å². The molecule has 0 aliphatic carbocycles. The van der Waals surface area contributed by atoms with Gasteiger partial charge in [-0.2, -0.15) is 0 Å². The first-order valence-corrected chi connectivity index (χ1v) is 21.9. The van der Waals surface area contributed by atoms with Crippen LogP contribution in [0.25, 0.3) is 22.3 Å². The zero-order chi connectivity index (χ0) is 38.9. The number of hydrogen-bond donors (Lipinski definition) is 6. The molecule has 0 aliphatic rings. The Bertz CT molecular complexity index is 1260. The van der Waals surface area contributed by atoms with Crippen molar-refractivity contribution in [2.24, 2.45) is 11.8 Å². The van der Waals surface area contributed by atoms with Crippen molar-refractivity contribution in [3.05, 3.63) is 83.4 Å². The minimum atomic E-state index is 0.0653. The highest BCUT2D eigenvalue weighted by Gasteiger charge is 2.17. The Morgan fingerprint density at radius 1 is 0.407 bits per heavy atom. The topological polar surface area (TPSA) is 72.2 Å². The molecule has 0 spiro atoms. The van der Waals surface area contributed by atoms with Crippen LogP contribution in [0.5, 0.6) is 0 Å². The van der Waals surface area contributed by atoms with E-state index in [2.05, 4.69) is 147 Å². The summed E-state index contributed by atoms with van der Waals surface area (Å²) in [4.78, 5) is 0. The van der Waals surface area contributed by atoms with Crippen molar-refractivity contribution >= 4 is 0 Å². The first-order valence-electron chi connectivity index (χ1n) is 21.9. The second kappa shape index (κ2) is 27.1. The molecule has 3 rings (SSSR count). The Morgan fingerprint density at radius 3 is 1.07 bits per heavy atom. The van der Waals surface area contributed by atoms with Gasteiger partial charge in [0.15, 0.2) is 0 Å². The SMILES string of the molecule is CCC(CC)CNCCCNCCCNCc1ccc(-c2cc(-c3ccc(CNCCCNCCCNCC(CC)CC)cc3)cc(C(C)(C)C)c2)cc1. The van der Waals surface area contributed by atoms with Crippen LogP contribution < -0.4 is 31.9 Å². The maximum Gasteiger partial charge on any atom is 0.0205 e. The summed E-state index contributed by atoms with van der Waals surface area (Å²) in [7, 11) is 0. The summed E-state index contributed by atoms with van der Waals surface area (Å²) >= 11 is 0. The molecular formula is C48H80N6. The molecule has 6 heteroatoms. The molecule has 0 saturated carbocycles. The van der Waals surface area contributed by atoms with Crippen LogP contribution in [0.4, 0.5) is 0 Å². The largest absolute Gasteiger partial charge is 0.317 e. The van der Waals surface area contributed by atoms with E-state index in [0.717, 1.165) is 103 Å². The van der Waals surface area contributed by atoms with Crippen LogP contribution in [-0.2, 0) is 18.5 Å². The van der Waals surface area contributed by atoms with E-state index >= 15 is 0 Å². The van der Waals surface area contributed by atoms with Crippen molar-refractivity contribution in [1.29, 1.82) is 0 Å². The van der Waals surface area contributed by atoms with Crippen LogP contribution in [0, 0.1) is 11.8 Å². The molecule has 54 heavy (non-hydrogen) atoms. The van der Waals surface area contributed by atoms with Crippen molar-refractivity contribution in [3.8, 4) is 22.3 Å². The van der Waals surface area contributed by atoms with Gasteiger partial charge < -0.3 is 31.9 Å². The minimum Gasteiger partial charge on any atom is -0.317 e. The van der Waals surface area contributed by atoms with Gasteiger partial charge in [-0.05, 0) is 153 Å². The van der Waals surface area contributed by atoms with E-state index in [-0.39, 0.29) is 5.41 Å². The maximum absolute atomic E-state index is 3.64. The molecular weight excluding hydrogens is 661 g/mol. The second-order valence-electron chi connectivity index (χ2n) is 16.5. The van der Waals surface area contributed by atoms with E-state index < -0.39 is 0 Å². The lowest BCUT2D eigenvalue weighted by Crippen LogP contribution is -2.27. The molecule has 0 fully saturated rings. The van der Waals surface area contributed by atoms with E-state index in [9.17, 15) is 0 Å². The van der Waals surface area contributed by atoms with Gasteiger partial charge in [0.1, 0.15) is 0 Å². The lowest BCUT2D eigenvalue weighted by molar-refractivity contribution is 0.445. The van der Waals surface area contributed by atoms with Gasteiger partial charge in [0.2, 0.25) is 0 Å². The van der Waals surface area contributed by atoms with Gasteiger partial charge in [-0.15, -0.1) is 0 Å². The molecule has 0 aliphatic heterocycles. The van der Waals surface area contributed by atoms with Crippen LogP contribution >= 0.6 is 0 Å². The zero-order valence-corrected chi connectivity index (χ0v) is 35.6. The number of nitrogens with one attached hydrogen (secondary N) is 6. The quantitative estimate of drug-likeness (QED) is 0.0383. The van der Waals surface area contributed by atoms with Gasteiger partial charge in [-0.1, -0.05) is 135 Å². The van der Waals surface area contributed by atoms with Crippen molar-refractivity contribution in [2.45, 2.75) is 118 Å². The average molecular weight is 741 g/mol. The van der Waals surface area contributed by atoms with Crippen molar-refractivity contribution < 1.29 is 0 Å². The Balaban J connectivity index is 1.39. The molecule has 0 unspecified atom stereocenters. The fraction of sp³-hybridized carbons (Fsp3) is 0.625. The van der Waals surface area contributed by atoms with Crippen LogP contribution in [0.3, 0.4) is 0 Å². The van der Waals surface area contributed by atoms with Gasteiger partial charge in [-0.3, -0.25) is 0 Å². The highest BCUT2D eigenvalue weighted by molar-refractivity contribution is 5.75. The smallest absolute Gasteiger partial charge is 0.0205 e. The predicted molar refractivity (Wildman–Crippen MR) is 238 cm³/mol. The van der Waals surface area contributed by atoms with E-state index in [4.69, 9.17) is 0 Å². The highest BCUT2D eigenvalue weighted by Crippen LogP contribution is 2.33. The van der Waals surface area contributed by atoms with E-state index in [0.29, 0.717) is 0 Å². The summed E-state index contributed by atoms with van der Waals surface area (Å²) in [5, 5.41) is 21.7. The third-order valence-electron chi connectivity index (χ3n) is 11.0. The fourth-order valence-corrected chi connectivity index (χ4v) is 6.86. The maximum atomic E-state index is 3.64. The van der Waals surface area contributed by atoms with Gasteiger partial charge in [-0.25, -0.2) is 0 Å². The summed E-state index contributed by atoms with van der Waals surface area (Å²) in [6.45, 7) is 28.8. The van der Waals surface area contributed by atoms with Crippen LogP contribution in [0.1, 0.15) is 117 Å². The molecule has 3 aromatic carbocycles. The number of hydrogen-bond acceptors (Lipinski definition) is 6. The van der Waals surface area contributed by atoms with Gasteiger partial charge >= 0.3 is 0 Å². The Morgan fingerprint density at radius 2 is 0.741 bits per heavy atom. The summed E-state index contributed by atoms with van der Waals surface area (Å²) in [5.41, 5.74) is 9.21. The molecule has 3 aromatic rings. The van der Waals surface area contributed by atoms with Gasteiger partial charge in [0.05, 0.1) is 0 Å². The average Bonchev–Trinajstić information content (AvgIpc) is 3.19. The Labute approximate surface area is 332 Å². The highest BCUT2D eigenvalue weighted by atomic mass is 14.9. The molecule has 0 heterocycles. The first-order chi connectivity index (χ1) is 26.3. The minimum absolute atomic E-state index is 0.0653. The zero-order valence-electron chi connectivity index (χ0n) is 35.6. The van der Waals surface area contributed by atoms with Crippen molar-refractivity contribution in [1.82, 2.24) is 31.9 Å². The second-order valence-corrected chi connectivity index (χ2v) is 16.5. The lowest BCUT2D eigenvalue weighted by atomic mass is 9.83. The summed E-state index contributed by atoms with van der Waals surface area (Å²) in [6.07, 6.45) is 9.78. The lowest BCUT2D eigenvalue weighted by Gasteiger charge is -2.22. The number of rotatable bonds is 30. The molecule has 0 amide bonds. The van der Waals surface area contributed by atoms with Crippen molar-refractivity contribution in [2.75, 3.05) is 65.4 Å². The summed E-state index contributed by atoms with van der Waals surface area (Å²) in [6, 6.07) is 25.4. The third kappa shape index (κ3) is 18.4. The van der Waals surface area contributed by atoms with Crippen molar-refractivity contribution in [3.63, 3.8) is 0 Å². The molecule has 0 saturated heterocycles. The van der Waals surface area contributed by atoms with Crippen LogP contribution in [0.2, 0.25) is 0 Å². The van der Waals surface area contributed by atoms with Gasteiger partial charge in [0.25, 0.3) is 0 Å². The molecule has 0 aromatic heterocycles.